The molecule has 174 valence electrons. The number of rotatable bonds is 7. The lowest BCUT2D eigenvalue weighted by atomic mass is 9.49. The Hall–Kier alpha value is -3.16. The lowest BCUT2D eigenvalue weighted by Crippen LogP contribution is -2.53. The summed E-state index contributed by atoms with van der Waals surface area (Å²) in [7, 11) is 1.32. The van der Waals surface area contributed by atoms with Crippen LogP contribution in [0.25, 0.3) is 0 Å². The number of hydrogen-bond acceptors (Lipinski definition) is 5. The summed E-state index contributed by atoms with van der Waals surface area (Å²) in [4.78, 5) is 37.9. The molecule has 8 heteroatoms. The van der Waals surface area contributed by atoms with E-state index in [4.69, 9.17) is 4.74 Å². The summed E-state index contributed by atoms with van der Waals surface area (Å²) in [5.41, 5.74) is 1.32. The highest BCUT2D eigenvalue weighted by atomic mass is 16.5. The van der Waals surface area contributed by atoms with E-state index in [9.17, 15) is 14.4 Å². The van der Waals surface area contributed by atoms with Crippen LogP contribution < -0.4 is 10.6 Å². The van der Waals surface area contributed by atoms with Gasteiger partial charge in [-0.25, -0.2) is 4.79 Å². The maximum Gasteiger partial charge on any atom is 0.337 e. The van der Waals surface area contributed by atoms with Crippen LogP contribution in [0.5, 0.6) is 0 Å². The minimum atomic E-state index is -0.494. The van der Waals surface area contributed by atoms with Gasteiger partial charge in [-0.1, -0.05) is 0 Å². The first-order valence-electron chi connectivity index (χ1n) is 11.7. The van der Waals surface area contributed by atoms with Gasteiger partial charge in [0.2, 0.25) is 11.8 Å². The minimum Gasteiger partial charge on any atom is -0.465 e. The van der Waals surface area contributed by atoms with Crippen molar-refractivity contribution in [1.29, 1.82) is 0 Å². The predicted octanol–water partition coefficient (Wildman–Crippen LogP) is 3.14. The van der Waals surface area contributed by atoms with E-state index in [1.165, 1.54) is 31.1 Å². The molecule has 0 spiro atoms. The van der Waals surface area contributed by atoms with E-state index >= 15 is 0 Å². The van der Waals surface area contributed by atoms with Crippen LogP contribution in [0.3, 0.4) is 0 Å². The number of carbonyl (C=O) groups is 3. The van der Waals surface area contributed by atoms with Gasteiger partial charge in [0.1, 0.15) is 6.54 Å². The van der Waals surface area contributed by atoms with E-state index in [0.29, 0.717) is 35.5 Å². The van der Waals surface area contributed by atoms with Gasteiger partial charge in [0.15, 0.2) is 0 Å². The van der Waals surface area contributed by atoms with Crippen molar-refractivity contribution in [3.8, 4) is 0 Å². The SMILES string of the molecule is COC(=O)c1cc(CNC(=O)C23CC4CC(CC(C4)C2)C3)cc(NC(=O)Cn2cccn2)c1. The molecule has 2 aromatic rings. The molecule has 1 aromatic heterocycles. The van der Waals surface area contributed by atoms with Gasteiger partial charge in [-0.3, -0.25) is 14.3 Å². The zero-order chi connectivity index (χ0) is 23.0. The highest BCUT2D eigenvalue weighted by Gasteiger charge is 2.54. The van der Waals surface area contributed by atoms with E-state index < -0.39 is 5.97 Å². The van der Waals surface area contributed by atoms with Crippen LogP contribution in [0, 0.1) is 23.2 Å². The Labute approximate surface area is 193 Å². The third-order valence-electron chi connectivity index (χ3n) is 7.54. The van der Waals surface area contributed by atoms with E-state index in [0.717, 1.165) is 24.8 Å². The van der Waals surface area contributed by atoms with E-state index in [1.54, 1.807) is 36.7 Å². The fourth-order valence-electron chi connectivity index (χ4n) is 6.60. The molecule has 0 radical (unpaired) electrons. The monoisotopic (exact) mass is 450 g/mol. The Morgan fingerprint density at radius 1 is 1.09 bits per heavy atom. The summed E-state index contributed by atoms with van der Waals surface area (Å²) in [6, 6.07) is 6.81. The standard InChI is InChI=1S/C25H30N4O4/c1-33-23(31)20-8-19(9-21(10-20)28-22(30)15-29-4-2-3-27-29)14-26-24(32)25-11-16-5-17(12-25)7-18(6-16)13-25/h2-4,8-10,16-18H,5-7,11-15H2,1H3,(H,26,32)(H,28,30). The molecule has 4 aliphatic rings. The fraction of sp³-hybridized carbons (Fsp3) is 0.520. The van der Waals surface area contributed by atoms with Crippen LogP contribution in [0.15, 0.2) is 36.7 Å². The normalized spacial score (nSPS) is 27.2. The smallest absolute Gasteiger partial charge is 0.337 e. The number of benzene rings is 1. The number of esters is 1. The first-order chi connectivity index (χ1) is 15.9. The number of anilines is 1. The first-order valence-corrected chi connectivity index (χ1v) is 11.7. The molecule has 0 unspecified atom stereocenters. The molecule has 0 atom stereocenters. The van der Waals surface area contributed by atoms with Gasteiger partial charge in [-0.15, -0.1) is 0 Å². The zero-order valence-electron chi connectivity index (χ0n) is 18.9. The average Bonchev–Trinajstić information content (AvgIpc) is 3.28. The Kier molecular flexibility index (Phi) is 5.68. The Balaban J connectivity index is 1.29. The van der Waals surface area contributed by atoms with Crippen molar-refractivity contribution in [3.63, 3.8) is 0 Å². The van der Waals surface area contributed by atoms with Crippen molar-refractivity contribution in [2.24, 2.45) is 23.2 Å². The van der Waals surface area contributed by atoms with Crippen molar-refractivity contribution < 1.29 is 19.1 Å². The van der Waals surface area contributed by atoms with E-state index in [-0.39, 0.29) is 23.8 Å². The molecule has 4 fully saturated rings. The number of nitrogens with zero attached hydrogens (tertiary/aromatic N) is 2. The number of amides is 2. The molecule has 0 saturated heterocycles. The Morgan fingerprint density at radius 2 is 1.79 bits per heavy atom. The third-order valence-corrected chi connectivity index (χ3v) is 7.54. The van der Waals surface area contributed by atoms with Gasteiger partial charge in [0.05, 0.1) is 12.7 Å². The average molecular weight is 451 g/mol. The predicted molar refractivity (Wildman–Crippen MR) is 121 cm³/mol. The molecule has 0 aliphatic heterocycles. The third kappa shape index (κ3) is 4.51. The first kappa shape index (κ1) is 21.7. The maximum atomic E-state index is 13.3. The number of aromatic nitrogens is 2. The molecule has 4 bridgehead atoms. The van der Waals surface area contributed by atoms with Gasteiger partial charge >= 0.3 is 5.97 Å². The van der Waals surface area contributed by atoms with Crippen LogP contribution in [0.2, 0.25) is 0 Å². The Bertz CT molecular complexity index is 1030. The van der Waals surface area contributed by atoms with Crippen molar-refractivity contribution in [2.45, 2.75) is 51.6 Å². The van der Waals surface area contributed by atoms with Crippen LogP contribution in [0.4, 0.5) is 5.69 Å². The quantitative estimate of drug-likeness (QED) is 0.631. The Morgan fingerprint density at radius 3 is 2.39 bits per heavy atom. The second-order valence-corrected chi connectivity index (χ2v) is 10.0. The minimum absolute atomic E-state index is 0.0630. The molecule has 2 N–H and O–H groups in total. The molecule has 1 heterocycles. The van der Waals surface area contributed by atoms with Gasteiger partial charge in [-0.2, -0.15) is 5.10 Å². The van der Waals surface area contributed by atoms with Crippen molar-refractivity contribution in [1.82, 2.24) is 15.1 Å². The summed E-state index contributed by atoms with van der Waals surface area (Å²) in [5, 5.41) is 9.99. The summed E-state index contributed by atoms with van der Waals surface area (Å²) in [6.07, 6.45) is 10.2. The highest BCUT2D eigenvalue weighted by molar-refractivity contribution is 5.94. The molecule has 33 heavy (non-hydrogen) atoms. The van der Waals surface area contributed by atoms with E-state index in [1.807, 2.05) is 0 Å². The second-order valence-electron chi connectivity index (χ2n) is 10.0. The highest BCUT2D eigenvalue weighted by Crippen LogP contribution is 2.60. The van der Waals surface area contributed by atoms with Crippen LogP contribution >= 0.6 is 0 Å². The molecular weight excluding hydrogens is 420 g/mol. The van der Waals surface area contributed by atoms with E-state index in [2.05, 4.69) is 15.7 Å². The van der Waals surface area contributed by atoms with Crippen LogP contribution in [-0.2, 0) is 27.4 Å². The van der Waals surface area contributed by atoms with Gasteiger partial charge in [0, 0.05) is 30.0 Å². The van der Waals surface area contributed by atoms with Gasteiger partial charge in [-0.05, 0) is 86.1 Å². The summed E-state index contributed by atoms with van der Waals surface area (Å²) >= 11 is 0. The molecular formula is C25H30N4O4. The number of hydrogen-bond donors (Lipinski definition) is 2. The topological polar surface area (TPSA) is 102 Å². The summed E-state index contributed by atoms with van der Waals surface area (Å²) < 4.78 is 6.39. The number of nitrogens with one attached hydrogen (secondary N) is 2. The zero-order valence-corrected chi connectivity index (χ0v) is 18.9. The van der Waals surface area contributed by atoms with Crippen molar-refractivity contribution in [3.05, 3.63) is 47.8 Å². The van der Waals surface area contributed by atoms with Gasteiger partial charge < -0.3 is 15.4 Å². The lowest BCUT2D eigenvalue weighted by molar-refractivity contribution is -0.146. The summed E-state index contributed by atoms with van der Waals surface area (Å²) in [6.45, 7) is 0.362. The number of ether oxygens (including phenoxy) is 1. The van der Waals surface area contributed by atoms with Crippen molar-refractivity contribution in [2.75, 3.05) is 12.4 Å². The molecule has 6 rings (SSSR count). The fourth-order valence-corrected chi connectivity index (χ4v) is 6.60. The maximum absolute atomic E-state index is 13.3. The van der Waals surface area contributed by atoms with Crippen molar-refractivity contribution >= 4 is 23.5 Å². The second kappa shape index (κ2) is 8.65. The molecule has 4 saturated carbocycles. The molecule has 8 nitrogen and oxygen atoms in total. The summed E-state index contributed by atoms with van der Waals surface area (Å²) in [5.74, 6) is 1.47. The lowest BCUT2D eigenvalue weighted by Gasteiger charge is -2.55. The van der Waals surface area contributed by atoms with Gasteiger partial charge in [0.25, 0.3) is 0 Å². The van der Waals surface area contributed by atoms with Crippen LogP contribution in [0.1, 0.15) is 54.4 Å². The largest absolute Gasteiger partial charge is 0.465 e. The number of methoxy groups -OCH3 is 1. The number of carbonyl (C=O) groups excluding carboxylic acids is 3. The molecule has 1 aromatic carbocycles. The molecule has 4 aliphatic carbocycles. The molecule has 2 amide bonds. The van der Waals surface area contributed by atoms with Crippen LogP contribution in [-0.4, -0.2) is 34.7 Å².